The quantitative estimate of drug-likeness (QED) is 0.586. The van der Waals surface area contributed by atoms with Crippen molar-refractivity contribution in [2.75, 3.05) is 7.11 Å². The second-order valence-corrected chi connectivity index (χ2v) is 5.17. The van der Waals surface area contributed by atoms with E-state index >= 15 is 0 Å². The van der Waals surface area contributed by atoms with Gasteiger partial charge in [0.25, 0.3) is 0 Å². The van der Waals surface area contributed by atoms with Crippen LogP contribution in [-0.4, -0.2) is 19.0 Å². The van der Waals surface area contributed by atoms with Crippen LogP contribution < -0.4 is 9.47 Å². The summed E-state index contributed by atoms with van der Waals surface area (Å²) in [7, 11) is 1.58. The third kappa shape index (κ3) is 4.48. The molecule has 0 aliphatic heterocycles. The molecule has 2 aromatic rings. The molecule has 2 rings (SSSR count). The third-order valence-electron chi connectivity index (χ3n) is 3.03. The highest BCUT2D eigenvalue weighted by atomic mass is 16.5. The molecule has 0 fully saturated rings. The van der Waals surface area contributed by atoms with Gasteiger partial charge in [0.2, 0.25) is 0 Å². The van der Waals surface area contributed by atoms with Crippen molar-refractivity contribution in [3.05, 3.63) is 65.7 Å². The largest absolute Gasteiger partial charge is 0.497 e. The van der Waals surface area contributed by atoms with E-state index in [9.17, 15) is 4.79 Å². The van der Waals surface area contributed by atoms with E-state index in [1.54, 1.807) is 37.5 Å². The van der Waals surface area contributed by atoms with Crippen LogP contribution in [-0.2, 0) is 0 Å². The number of allylic oxidation sites excluding steroid dienone is 1. The van der Waals surface area contributed by atoms with Gasteiger partial charge in [0.15, 0.2) is 5.78 Å². The second-order valence-electron chi connectivity index (χ2n) is 5.17. The van der Waals surface area contributed by atoms with Gasteiger partial charge >= 0.3 is 0 Å². The smallest absolute Gasteiger partial charge is 0.185 e. The first kappa shape index (κ1) is 15.8. The van der Waals surface area contributed by atoms with Crippen LogP contribution in [0, 0.1) is 0 Å². The lowest BCUT2D eigenvalue weighted by atomic mass is 10.1. The van der Waals surface area contributed by atoms with Crippen LogP contribution in [0.3, 0.4) is 0 Å². The zero-order chi connectivity index (χ0) is 15.9. The predicted molar refractivity (Wildman–Crippen MR) is 88.6 cm³/mol. The lowest BCUT2D eigenvalue weighted by Crippen LogP contribution is -2.05. The van der Waals surface area contributed by atoms with E-state index in [1.807, 2.05) is 44.2 Å². The number of methoxy groups -OCH3 is 1. The summed E-state index contributed by atoms with van der Waals surface area (Å²) in [5, 5.41) is 0. The fourth-order valence-electron chi connectivity index (χ4n) is 1.97. The lowest BCUT2D eigenvalue weighted by Gasteiger charge is -2.09. The maximum Gasteiger partial charge on any atom is 0.185 e. The summed E-state index contributed by atoms with van der Waals surface area (Å²) < 4.78 is 10.7. The fourth-order valence-corrected chi connectivity index (χ4v) is 1.97. The van der Waals surface area contributed by atoms with Gasteiger partial charge in [-0.15, -0.1) is 0 Å². The number of carbonyl (C=O) groups excluding carboxylic acids is 1. The van der Waals surface area contributed by atoms with Crippen LogP contribution in [0.4, 0.5) is 0 Å². The number of rotatable bonds is 6. The SMILES string of the molecule is COc1cccc(C(=O)/C=C/c2ccc(OC(C)C)cc2)c1. The molecule has 0 heterocycles. The maximum absolute atomic E-state index is 12.1. The fraction of sp³-hybridized carbons (Fsp3) is 0.211. The molecule has 0 aromatic heterocycles. The first-order chi connectivity index (χ1) is 10.6. The van der Waals surface area contributed by atoms with E-state index < -0.39 is 0 Å². The zero-order valence-electron chi connectivity index (χ0n) is 13.1. The monoisotopic (exact) mass is 296 g/mol. The van der Waals surface area contributed by atoms with Crippen molar-refractivity contribution in [1.29, 1.82) is 0 Å². The van der Waals surface area contributed by atoms with Gasteiger partial charge < -0.3 is 9.47 Å². The molecule has 2 aromatic carbocycles. The van der Waals surface area contributed by atoms with Crippen molar-refractivity contribution in [2.45, 2.75) is 20.0 Å². The summed E-state index contributed by atoms with van der Waals surface area (Å²) in [5.41, 5.74) is 1.56. The van der Waals surface area contributed by atoms with Gasteiger partial charge in [-0.2, -0.15) is 0 Å². The molecular weight excluding hydrogens is 276 g/mol. The molecule has 114 valence electrons. The molecular formula is C19H20O3. The van der Waals surface area contributed by atoms with Crippen molar-refractivity contribution < 1.29 is 14.3 Å². The Balaban J connectivity index is 2.05. The minimum absolute atomic E-state index is 0.0543. The molecule has 0 amide bonds. The Kier molecular flexibility index (Phi) is 5.37. The van der Waals surface area contributed by atoms with Crippen molar-refractivity contribution >= 4 is 11.9 Å². The van der Waals surface area contributed by atoms with Gasteiger partial charge in [0.1, 0.15) is 11.5 Å². The van der Waals surface area contributed by atoms with E-state index in [2.05, 4.69) is 0 Å². The summed E-state index contributed by atoms with van der Waals surface area (Å²) >= 11 is 0. The van der Waals surface area contributed by atoms with Gasteiger partial charge in [-0.25, -0.2) is 0 Å². The van der Waals surface area contributed by atoms with Gasteiger partial charge in [0.05, 0.1) is 13.2 Å². The number of carbonyl (C=O) groups is 1. The predicted octanol–water partition coefficient (Wildman–Crippen LogP) is 4.38. The van der Waals surface area contributed by atoms with Crippen LogP contribution >= 0.6 is 0 Å². The minimum Gasteiger partial charge on any atom is -0.497 e. The van der Waals surface area contributed by atoms with Crippen LogP contribution in [0.2, 0.25) is 0 Å². The summed E-state index contributed by atoms with van der Waals surface area (Å²) in [6, 6.07) is 14.8. The van der Waals surface area contributed by atoms with Crippen LogP contribution in [0.5, 0.6) is 11.5 Å². The first-order valence-corrected chi connectivity index (χ1v) is 7.21. The Morgan fingerprint density at radius 2 is 1.77 bits per heavy atom. The van der Waals surface area contributed by atoms with Crippen molar-refractivity contribution in [1.82, 2.24) is 0 Å². The second kappa shape index (κ2) is 7.46. The highest BCUT2D eigenvalue weighted by Crippen LogP contribution is 2.16. The first-order valence-electron chi connectivity index (χ1n) is 7.21. The van der Waals surface area contributed by atoms with E-state index in [0.717, 1.165) is 11.3 Å². The number of ether oxygens (including phenoxy) is 2. The number of ketones is 1. The molecule has 0 N–H and O–H groups in total. The van der Waals surface area contributed by atoms with Gasteiger partial charge in [-0.05, 0) is 49.8 Å². The Morgan fingerprint density at radius 3 is 2.41 bits per heavy atom. The van der Waals surface area contributed by atoms with E-state index in [-0.39, 0.29) is 11.9 Å². The van der Waals surface area contributed by atoms with Crippen molar-refractivity contribution in [3.63, 3.8) is 0 Å². The summed E-state index contributed by atoms with van der Waals surface area (Å²) in [4.78, 5) is 12.1. The average molecular weight is 296 g/mol. The molecule has 0 atom stereocenters. The molecule has 0 aliphatic rings. The summed E-state index contributed by atoms with van der Waals surface area (Å²) in [6.45, 7) is 3.97. The maximum atomic E-state index is 12.1. The van der Waals surface area contributed by atoms with Gasteiger partial charge in [-0.3, -0.25) is 4.79 Å². The van der Waals surface area contributed by atoms with Crippen LogP contribution in [0.15, 0.2) is 54.6 Å². The highest BCUT2D eigenvalue weighted by Gasteiger charge is 2.03. The van der Waals surface area contributed by atoms with E-state index in [0.29, 0.717) is 11.3 Å². The number of hydrogen-bond donors (Lipinski definition) is 0. The van der Waals surface area contributed by atoms with Crippen molar-refractivity contribution in [2.24, 2.45) is 0 Å². The summed E-state index contributed by atoms with van der Waals surface area (Å²) in [6.07, 6.45) is 3.50. The third-order valence-corrected chi connectivity index (χ3v) is 3.03. The Morgan fingerprint density at radius 1 is 1.05 bits per heavy atom. The van der Waals surface area contributed by atoms with Crippen molar-refractivity contribution in [3.8, 4) is 11.5 Å². The van der Waals surface area contributed by atoms with Gasteiger partial charge in [0, 0.05) is 5.56 Å². The number of benzene rings is 2. The average Bonchev–Trinajstić information content (AvgIpc) is 2.53. The molecule has 0 radical (unpaired) electrons. The summed E-state index contributed by atoms with van der Waals surface area (Å²) in [5.74, 6) is 1.45. The highest BCUT2D eigenvalue weighted by molar-refractivity contribution is 6.07. The molecule has 0 bridgehead atoms. The molecule has 3 nitrogen and oxygen atoms in total. The molecule has 22 heavy (non-hydrogen) atoms. The molecule has 0 saturated heterocycles. The standard InChI is InChI=1S/C19H20O3/c1-14(2)22-17-10-7-15(8-11-17)9-12-19(20)16-5-4-6-18(13-16)21-3/h4-14H,1-3H3/b12-9+. The van der Waals surface area contributed by atoms with E-state index in [1.165, 1.54) is 0 Å². The molecule has 0 aliphatic carbocycles. The topological polar surface area (TPSA) is 35.5 Å². The van der Waals surface area contributed by atoms with Crippen LogP contribution in [0.1, 0.15) is 29.8 Å². The Labute approximate surface area is 131 Å². The normalized spacial score (nSPS) is 10.9. The zero-order valence-corrected chi connectivity index (χ0v) is 13.1. The molecule has 0 unspecified atom stereocenters. The van der Waals surface area contributed by atoms with Gasteiger partial charge in [-0.1, -0.05) is 30.3 Å². The Hall–Kier alpha value is -2.55. The molecule has 0 spiro atoms. The minimum atomic E-state index is -0.0543. The molecule has 3 heteroatoms. The number of hydrogen-bond acceptors (Lipinski definition) is 3. The van der Waals surface area contributed by atoms with E-state index in [4.69, 9.17) is 9.47 Å². The Bertz CT molecular complexity index is 655. The van der Waals surface area contributed by atoms with Crippen LogP contribution in [0.25, 0.3) is 6.08 Å². The molecule has 0 saturated carbocycles. The lowest BCUT2D eigenvalue weighted by molar-refractivity contribution is 0.104.